The van der Waals surface area contributed by atoms with Crippen LogP contribution >= 0.6 is 0 Å². The van der Waals surface area contributed by atoms with Crippen molar-refractivity contribution in [2.75, 3.05) is 20.7 Å². The van der Waals surface area contributed by atoms with Crippen molar-refractivity contribution in [2.45, 2.75) is 38.6 Å². The summed E-state index contributed by atoms with van der Waals surface area (Å²) in [5, 5.41) is 8.98. The van der Waals surface area contributed by atoms with Gasteiger partial charge in [0.25, 0.3) is 10.2 Å². The number of nitrogens with zero attached hydrogens (tertiary/aromatic N) is 1. The molecule has 0 amide bonds. The van der Waals surface area contributed by atoms with Crippen LogP contribution in [-0.4, -0.2) is 56.5 Å². The van der Waals surface area contributed by atoms with Crippen molar-refractivity contribution in [1.29, 1.82) is 0 Å². The second-order valence-electron chi connectivity index (χ2n) is 4.30. The van der Waals surface area contributed by atoms with Crippen LogP contribution in [0, 0.1) is 0 Å². The van der Waals surface area contributed by atoms with Crippen LogP contribution in [0.2, 0.25) is 0 Å². The molecule has 0 spiro atoms. The summed E-state index contributed by atoms with van der Waals surface area (Å²) < 4.78 is 31.3. The van der Waals surface area contributed by atoms with E-state index in [4.69, 9.17) is 5.11 Å². The SMILES string of the molecule is CCCCN(C)S(=O)(=O)NC(CCC(=O)OC)C(=O)O. The van der Waals surface area contributed by atoms with Crippen molar-refractivity contribution < 1.29 is 27.9 Å². The molecule has 20 heavy (non-hydrogen) atoms. The van der Waals surface area contributed by atoms with Gasteiger partial charge in [-0.15, -0.1) is 0 Å². The highest BCUT2D eigenvalue weighted by atomic mass is 32.2. The quantitative estimate of drug-likeness (QED) is 0.547. The molecule has 0 saturated heterocycles. The summed E-state index contributed by atoms with van der Waals surface area (Å²) in [5.41, 5.74) is 0. The van der Waals surface area contributed by atoms with Crippen LogP contribution in [0.25, 0.3) is 0 Å². The normalized spacial score (nSPS) is 13.2. The molecule has 0 aromatic heterocycles. The van der Waals surface area contributed by atoms with Crippen molar-refractivity contribution in [3.63, 3.8) is 0 Å². The highest BCUT2D eigenvalue weighted by Crippen LogP contribution is 2.05. The Labute approximate surface area is 119 Å². The summed E-state index contributed by atoms with van der Waals surface area (Å²) in [4.78, 5) is 22.0. The lowest BCUT2D eigenvalue weighted by atomic mass is 10.2. The summed E-state index contributed by atoms with van der Waals surface area (Å²) in [6.07, 6.45) is 1.17. The maximum Gasteiger partial charge on any atom is 0.321 e. The van der Waals surface area contributed by atoms with Gasteiger partial charge in [0.15, 0.2) is 0 Å². The predicted molar refractivity (Wildman–Crippen MR) is 72.3 cm³/mol. The lowest BCUT2D eigenvalue weighted by molar-refractivity contribution is -0.142. The van der Waals surface area contributed by atoms with Crippen molar-refractivity contribution in [2.24, 2.45) is 0 Å². The highest BCUT2D eigenvalue weighted by Gasteiger charge is 2.27. The van der Waals surface area contributed by atoms with Crippen LogP contribution in [0.4, 0.5) is 0 Å². The third kappa shape index (κ3) is 6.83. The number of carboxylic acid groups (broad SMARTS) is 1. The van der Waals surface area contributed by atoms with E-state index in [1.165, 1.54) is 14.2 Å². The van der Waals surface area contributed by atoms with Crippen molar-refractivity contribution in [3.05, 3.63) is 0 Å². The minimum absolute atomic E-state index is 0.164. The molecular formula is C11H22N2O6S. The van der Waals surface area contributed by atoms with Crippen LogP contribution in [0.15, 0.2) is 0 Å². The van der Waals surface area contributed by atoms with Crippen molar-refractivity contribution in [1.82, 2.24) is 9.03 Å². The Bertz CT molecular complexity index is 423. The van der Waals surface area contributed by atoms with Gasteiger partial charge < -0.3 is 9.84 Å². The van der Waals surface area contributed by atoms with Gasteiger partial charge in [-0.1, -0.05) is 13.3 Å². The third-order valence-corrected chi connectivity index (χ3v) is 4.28. The Hall–Kier alpha value is -1.19. The predicted octanol–water partition coefficient (Wildman–Crippen LogP) is -0.0409. The zero-order valence-corrected chi connectivity index (χ0v) is 12.8. The third-order valence-electron chi connectivity index (χ3n) is 2.69. The fraction of sp³-hybridized carbons (Fsp3) is 0.818. The van der Waals surface area contributed by atoms with Crippen molar-refractivity contribution in [3.8, 4) is 0 Å². The van der Waals surface area contributed by atoms with Crippen LogP contribution in [0.5, 0.6) is 0 Å². The number of methoxy groups -OCH3 is 1. The summed E-state index contributed by atoms with van der Waals surface area (Å²) in [5.74, 6) is -1.92. The Morgan fingerprint density at radius 3 is 2.45 bits per heavy atom. The number of carboxylic acids is 1. The zero-order chi connectivity index (χ0) is 15.8. The lowest BCUT2D eigenvalue weighted by Crippen LogP contribution is -2.47. The van der Waals surface area contributed by atoms with Crippen molar-refractivity contribution >= 4 is 22.1 Å². The number of nitrogens with one attached hydrogen (secondary N) is 1. The number of rotatable bonds is 10. The Balaban J connectivity index is 4.64. The Morgan fingerprint density at radius 1 is 1.40 bits per heavy atom. The molecule has 0 aliphatic heterocycles. The lowest BCUT2D eigenvalue weighted by Gasteiger charge is -2.20. The first-order valence-electron chi connectivity index (χ1n) is 6.27. The van der Waals surface area contributed by atoms with E-state index in [-0.39, 0.29) is 12.8 Å². The maximum absolute atomic E-state index is 11.9. The Morgan fingerprint density at radius 2 is 2.00 bits per heavy atom. The van der Waals surface area contributed by atoms with Gasteiger partial charge in [0.1, 0.15) is 6.04 Å². The van der Waals surface area contributed by atoms with E-state index in [1.807, 2.05) is 6.92 Å². The smallest absolute Gasteiger partial charge is 0.321 e. The molecule has 0 aliphatic carbocycles. The first kappa shape index (κ1) is 18.8. The molecule has 9 heteroatoms. The second kappa shape index (κ2) is 8.88. The topological polar surface area (TPSA) is 113 Å². The minimum Gasteiger partial charge on any atom is -0.480 e. The number of carbonyl (C=O) groups is 2. The maximum atomic E-state index is 11.9. The average molecular weight is 310 g/mol. The molecule has 0 rings (SSSR count). The largest absolute Gasteiger partial charge is 0.480 e. The molecule has 0 heterocycles. The number of carbonyl (C=O) groups excluding carboxylic acids is 1. The van der Waals surface area contributed by atoms with Crippen LogP contribution in [-0.2, 0) is 24.5 Å². The van der Waals surface area contributed by atoms with E-state index in [0.717, 1.165) is 10.7 Å². The summed E-state index contributed by atoms with van der Waals surface area (Å²) in [7, 11) is -1.33. The van der Waals surface area contributed by atoms with E-state index < -0.39 is 28.2 Å². The molecule has 0 aromatic carbocycles. The molecule has 0 saturated carbocycles. The van der Waals surface area contributed by atoms with Gasteiger partial charge in [-0.25, -0.2) is 0 Å². The number of hydrogen-bond acceptors (Lipinski definition) is 5. The molecular weight excluding hydrogens is 288 g/mol. The van der Waals surface area contributed by atoms with Crippen LogP contribution < -0.4 is 4.72 Å². The first-order valence-corrected chi connectivity index (χ1v) is 7.71. The van der Waals surface area contributed by atoms with Crippen LogP contribution in [0.1, 0.15) is 32.6 Å². The summed E-state index contributed by atoms with van der Waals surface area (Å²) in [6, 6.07) is -1.36. The summed E-state index contributed by atoms with van der Waals surface area (Å²) >= 11 is 0. The van der Waals surface area contributed by atoms with Gasteiger partial charge in [0.05, 0.1) is 7.11 Å². The van der Waals surface area contributed by atoms with Crippen LogP contribution in [0.3, 0.4) is 0 Å². The Kier molecular flexibility index (Phi) is 8.35. The van der Waals surface area contributed by atoms with Gasteiger partial charge in [-0.2, -0.15) is 17.4 Å². The molecule has 0 fully saturated rings. The number of hydrogen-bond donors (Lipinski definition) is 2. The first-order chi connectivity index (χ1) is 9.24. The molecule has 8 nitrogen and oxygen atoms in total. The van der Waals surface area contributed by atoms with Gasteiger partial charge in [0.2, 0.25) is 0 Å². The second-order valence-corrected chi connectivity index (χ2v) is 6.11. The van der Waals surface area contributed by atoms with E-state index in [1.54, 1.807) is 0 Å². The van der Waals surface area contributed by atoms with Gasteiger partial charge in [0, 0.05) is 20.0 Å². The average Bonchev–Trinajstić information content (AvgIpc) is 2.39. The fourth-order valence-electron chi connectivity index (χ4n) is 1.37. The molecule has 0 aromatic rings. The monoisotopic (exact) mass is 310 g/mol. The van der Waals surface area contributed by atoms with Gasteiger partial charge >= 0.3 is 11.9 Å². The molecule has 2 N–H and O–H groups in total. The standard InChI is InChI=1S/C11H22N2O6S/c1-4-5-8-13(2)20(17,18)12-9(11(15)16)6-7-10(14)19-3/h9,12H,4-8H2,1-3H3,(H,15,16). The van der Waals surface area contributed by atoms with Gasteiger partial charge in [-0.3, -0.25) is 9.59 Å². The van der Waals surface area contributed by atoms with E-state index in [0.29, 0.717) is 13.0 Å². The van der Waals surface area contributed by atoms with E-state index in [2.05, 4.69) is 9.46 Å². The van der Waals surface area contributed by atoms with E-state index >= 15 is 0 Å². The minimum atomic E-state index is -3.88. The number of aliphatic carboxylic acids is 1. The number of esters is 1. The number of unbranched alkanes of at least 4 members (excludes halogenated alkanes) is 1. The molecule has 1 atom stereocenters. The molecule has 0 aliphatic rings. The molecule has 118 valence electrons. The zero-order valence-electron chi connectivity index (χ0n) is 12.0. The molecule has 0 radical (unpaired) electrons. The fourth-order valence-corrected chi connectivity index (χ4v) is 2.50. The van der Waals surface area contributed by atoms with E-state index in [9.17, 15) is 18.0 Å². The summed E-state index contributed by atoms with van der Waals surface area (Å²) in [6.45, 7) is 2.22. The highest BCUT2D eigenvalue weighted by molar-refractivity contribution is 7.87. The number of ether oxygens (including phenoxy) is 1. The molecule has 0 bridgehead atoms. The molecule has 1 unspecified atom stereocenters. The van der Waals surface area contributed by atoms with Gasteiger partial charge in [-0.05, 0) is 12.8 Å².